The molecule has 0 amide bonds. The third-order valence-electron chi connectivity index (χ3n) is 2.49. The second kappa shape index (κ2) is 3.70. The molecule has 1 aliphatic heterocycles. The monoisotopic (exact) mass is 230 g/mol. The molecule has 1 atom stereocenters. The highest BCUT2D eigenvalue weighted by Gasteiger charge is 2.50. The average molecular weight is 230 g/mol. The van der Waals surface area contributed by atoms with Crippen LogP contribution in [0.4, 0.5) is 0 Å². The van der Waals surface area contributed by atoms with E-state index in [-0.39, 0.29) is 10.8 Å². The van der Waals surface area contributed by atoms with Crippen molar-refractivity contribution in [2.24, 2.45) is 10.8 Å². The highest BCUT2D eigenvalue weighted by molar-refractivity contribution is 8.03. The minimum atomic E-state index is -0.574. The number of methoxy groups -OCH3 is 1. The van der Waals surface area contributed by atoms with Crippen molar-refractivity contribution >= 4 is 11.8 Å². The molecule has 0 aromatic carbocycles. The van der Waals surface area contributed by atoms with E-state index in [1.807, 2.05) is 0 Å². The molecule has 0 saturated carbocycles. The van der Waals surface area contributed by atoms with Gasteiger partial charge in [0, 0.05) is 23.3 Å². The summed E-state index contributed by atoms with van der Waals surface area (Å²) < 4.78 is 11.6. The van der Waals surface area contributed by atoms with Crippen LogP contribution in [0.5, 0.6) is 0 Å². The molecule has 0 spiro atoms. The van der Waals surface area contributed by atoms with Gasteiger partial charge >= 0.3 is 0 Å². The third-order valence-corrected chi connectivity index (χ3v) is 4.00. The molecule has 0 aromatic rings. The van der Waals surface area contributed by atoms with E-state index in [4.69, 9.17) is 9.47 Å². The van der Waals surface area contributed by atoms with Crippen molar-refractivity contribution in [3.8, 4) is 0 Å². The Morgan fingerprint density at radius 2 is 1.73 bits per heavy atom. The second-order valence-corrected chi connectivity index (χ2v) is 6.97. The summed E-state index contributed by atoms with van der Waals surface area (Å²) in [6.07, 6.45) is 0. The molecule has 0 N–H and O–H groups in total. The highest BCUT2D eigenvalue weighted by Crippen LogP contribution is 2.52. The first-order valence-corrected chi connectivity index (χ1v) is 6.13. The van der Waals surface area contributed by atoms with Crippen molar-refractivity contribution in [1.29, 1.82) is 0 Å². The Bertz CT molecular complexity index is 270. The first-order valence-electron chi connectivity index (χ1n) is 5.25. The molecule has 0 bridgehead atoms. The van der Waals surface area contributed by atoms with E-state index < -0.39 is 5.12 Å². The molecule has 1 heterocycles. The van der Waals surface area contributed by atoms with Gasteiger partial charge in [-0.15, -0.1) is 0 Å². The first kappa shape index (κ1) is 12.9. The quantitative estimate of drug-likeness (QED) is 0.678. The molecule has 0 aliphatic carbocycles. The minimum Gasteiger partial charge on any atom is -0.455 e. The van der Waals surface area contributed by atoms with Gasteiger partial charge in [0.15, 0.2) is 0 Å². The zero-order chi connectivity index (χ0) is 11.9. The minimum absolute atomic E-state index is 0.0402. The first-order chi connectivity index (χ1) is 6.62. The predicted molar refractivity (Wildman–Crippen MR) is 65.4 cm³/mol. The topological polar surface area (TPSA) is 18.5 Å². The number of allylic oxidation sites excluding steroid dienone is 1. The summed E-state index contributed by atoms with van der Waals surface area (Å²) >= 11 is 1.63. The number of rotatable bonds is 1. The van der Waals surface area contributed by atoms with E-state index in [9.17, 15) is 0 Å². The van der Waals surface area contributed by atoms with Crippen LogP contribution >= 0.6 is 11.8 Å². The summed E-state index contributed by atoms with van der Waals surface area (Å²) in [6, 6.07) is 0. The van der Waals surface area contributed by atoms with E-state index in [1.165, 1.54) is 0 Å². The van der Waals surface area contributed by atoms with Gasteiger partial charge in [-0.3, -0.25) is 0 Å². The van der Waals surface area contributed by atoms with Crippen LogP contribution in [-0.4, -0.2) is 12.2 Å². The van der Waals surface area contributed by atoms with Gasteiger partial charge in [0.05, 0.1) is 0 Å². The van der Waals surface area contributed by atoms with Gasteiger partial charge in [-0.05, 0) is 0 Å². The van der Waals surface area contributed by atoms with Gasteiger partial charge in [0.1, 0.15) is 5.76 Å². The third kappa shape index (κ3) is 2.34. The van der Waals surface area contributed by atoms with E-state index in [2.05, 4.69) is 47.0 Å². The molecule has 1 rings (SSSR count). The van der Waals surface area contributed by atoms with Crippen molar-refractivity contribution in [2.75, 3.05) is 7.11 Å². The van der Waals surface area contributed by atoms with E-state index in [0.717, 1.165) is 5.76 Å². The van der Waals surface area contributed by atoms with Crippen molar-refractivity contribution < 1.29 is 9.47 Å². The fraction of sp³-hybridized carbons (Fsp3) is 0.833. The van der Waals surface area contributed by atoms with Crippen LogP contribution in [0.15, 0.2) is 11.2 Å². The standard InChI is InChI=1S/C12H22O2S/c1-10(2,3)9-8-15-12(13-7,14-9)11(4,5)6/h8H,1-7H3. The lowest BCUT2D eigenvalue weighted by Crippen LogP contribution is -2.42. The van der Waals surface area contributed by atoms with Crippen molar-refractivity contribution in [1.82, 2.24) is 0 Å². The lowest BCUT2D eigenvalue weighted by molar-refractivity contribution is -0.189. The predicted octanol–water partition coefficient (Wildman–Crippen LogP) is 3.98. The van der Waals surface area contributed by atoms with Crippen LogP contribution in [0.2, 0.25) is 0 Å². The molecular formula is C12H22O2S. The van der Waals surface area contributed by atoms with Gasteiger partial charge < -0.3 is 9.47 Å². The van der Waals surface area contributed by atoms with Gasteiger partial charge in [-0.2, -0.15) is 0 Å². The molecule has 0 radical (unpaired) electrons. The molecule has 1 aliphatic rings. The maximum Gasteiger partial charge on any atom is 0.268 e. The summed E-state index contributed by atoms with van der Waals surface area (Å²) in [6.45, 7) is 12.8. The molecule has 1 unspecified atom stereocenters. The molecule has 15 heavy (non-hydrogen) atoms. The van der Waals surface area contributed by atoms with Crippen molar-refractivity contribution in [2.45, 2.75) is 46.7 Å². The molecule has 0 fully saturated rings. The molecule has 88 valence electrons. The molecular weight excluding hydrogens is 208 g/mol. The lowest BCUT2D eigenvalue weighted by Gasteiger charge is -2.39. The Labute approximate surface area is 97.4 Å². The van der Waals surface area contributed by atoms with Gasteiger partial charge in [-0.25, -0.2) is 0 Å². The number of hydrogen-bond acceptors (Lipinski definition) is 3. The Hall–Kier alpha value is -0.150. The van der Waals surface area contributed by atoms with E-state index >= 15 is 0 Å². The van der Waals surface area contributed by atoms with Gasteiger partial charge in [0.25, 0.3) is 5.12 Å². The Balaban J connectivity index is 2.89. The van der Waals surface area contributed by atoms with Crippen LogP contribution in [-0.2, 0) is 9.47 Å². The Morgan fingerprint density at radius 3 is 1.93 bits per heavy atom. The fourth-order valence-corrected chi connectivity index (χ4v) is 2.63. The molecule has 0 aromatic heterocycles. The normalized spacial score (nSPS) is 27.5. The summed E-state index contributed by atoms with van der Waals surface area (Å²) in [7, 11) is 1.71. The van der Waals surface area contributed by atoms with Crippen LogP contribution in [0.25, 0.3) is 0 Å². The van der Waals surface area contributed by atoms with Crippen molar-refractivity contribution in [3.05, 3.63) is 11.2 Å². The summed E-state index contributed by atoms with van der Waals surface area (Å²) in [5, 5.41) is 1.50. The number of hydrogen-bond donors (Lipinski definition) is 0. The fourth-order valence-electron chi connectivity index (χ4n) is 1.38. The molecule has 2 nitrogen and oxygen atoms in total. The maximum atomic E-state index is 6.03. The highest BCUT2D eigenvalue weighted by atomic mass is 32.2. The Kier molecular flexibility index (Phi) is 3.19. The summed E-state index contributed by atoms with van der Waals surface area (Å²) in [5.74, 6) is 1.00. The lowest BCUT2D eigenvalue weighted by atomic mass is 9.93. The smallest absolute Gasteiger partial charge is 0.268 e. The summed E-state index contributed by atoms with van der Waals surface area (Å²) in [5.41, 5.74) is -0.0194. The zero-order valence-corrected chi connectivity index (χ0v) is 11.6. The average Bonchev–Trinajstić information content (AvgIpc) is 2.46. The van der Waals surface area contributed by atoms with Gasteiger partial charge in [0.2, 0.25) is 0 Å². The number of ether oxygens (including phenoxy) is 2. The summed E-state index contributed by atoms with van der Waals surface area (Å²) in [4.78, 5) is 0. The van der Waals surface area contributed by atoms with Crippen molar-refractivity contribution in [3.63, 3.8) is 0 Å². The largest absolute Gasteiger partial charge is 0.455 e. The second-order valence-electron chi connectivity index (χ2n) is 5.96. The molecule has 3 heteroatoms. The van der Waals surface area contributed by atoms with E-state index in [0.29, 0.717) is 0 Å². The van der Waals surface area contributed by atoms with Crippen LogP contribution in [0.3, 0.4) is 0 Å². The van der Waals surface area contributed by atoms with Crippen LogP contribution < -0.4 is 0 Å². The molecule has 0 saturated heterocycles. The van der Waals surface area contributed by atoms with Crippen LogP contribution in [0.1, 0.15) is 41.5 Å². The number of thioether (sulfide) groups is 1. The zero-order valence-electron chi connectivity index (χ0n) is 10.8. The SMILES string of the molecule is COC1(C(C)(C)C)OC(C(C)(C)C)=CS1. The van der Waals surface area contributed by atoms with Gasteiger partial charge in [-0.1, -0.05) is 53.3 Å². The maximum absolute atomic E-state index is 6.03. The Morgan fingerprint density at radius 1 is 1.20 bits per heavy atom. The van der Waals surface area contributed by atoms with Crippen LogP contribution in [0, 0.1) is 10.8 Å². The van der Waals surface area contributed by atoms with E-state index in [1.54, 1.807) is 18.9 Å².